The molecule has 1 fully saturated rings. The minimum Gasteiger partial charge on any atom is -0.392 e. The zero-order valence-corrected chi connectivity index (χ0v) is 11.4. The third-order valence-electron chi connectivity index (χ3n) is 3.92. The molecule has 1 aliphatic carbocycles. The molecule has 2 unspecified atom stereocenters. The predicted octanol–water partition coefficient (Wildman–Crippen LogP) is 2.49. The molecule has 0 radical (unpaired) electrons. The van der Waals surface area contributed by atoms with Gasteiger partial charge in [0.1, 0.15) is 11.9 Å². The Labute approximate surface area is 112 Å². The molecule has 0 saturated heterocycles. The third kappa shape index (κ3) is 1.94. The van der Waals surface area contributed by atoms with Crippen molar-refractivity contribution in [2.75, 3.05) is 5.32 Å². The summed E-state index contributed by atoms with van der Waals surface area (Å²) < 4.78 is 0. The molecule has 1 saturated carbocycles. The Kier molecular flexibility index (Phi) is 3.22. The van der Waals surface area contributed by atoms with Gasteiger partial charge in [-0.05, 0) is 18.9 Å². The van der Waals surface area contributed by atoms with Crippen LogP contribution in [0, 0.1) is 23.7 Å². The van der Waals surface area contributed by atoms with Crippen LogP contribution < -0.4 is 5.32 Å². The van der Waals surface area contributed by atoms with Gasteiger partial charge in [0.15, 0.2) is 0 Å². The monoisotopic (exact) mass is 265 g/mol. The Balaban J connectivity index is 2.27. The van der Waals surface area contributed by atoms with Crippen LogP contribution in [-0.4, -0.2) is 22.2 Å². The summed E-state index contributed by atoms with van der Waals surface area (Å²) in [6, 6.07) is 2.24. The number of aromatic nitrogens is 1. The molecule has 1 aliphatic rings. The summed E-state index contributed by atoms with van der Waals surface area (Å²) >= 11 is 5.95. The molecule has 18 heavy (non-hydrogen) atoms. The molecule has 96 valence electrons. The summed E-state index contributed by atoms with van der Waals surface area (Å²) in [5.41, 5.74) is 0.996. The van der Waals surface area contributed by atoms with Gasteiger partial charge >= 0.3 is 0 Å². The molecule has 2 N–H and O–H groups in total. The number of aliphatic hydroxyl groups is 1. The highest BCUT2D eigenvalue weighted by atomic mass is 35.5. The van der Waals surface area contributed by atoms with Gasteiger partial charge in [-0.3, -0.25) is 0 Å². The van der Waals surface area contributed by atoms with Gasteiger partial charge in [0.2, 0.25) is 0 Å². The van der Waals surface area contributed by atoms with E-state index in [9.17, 15) is 10.4 Å². The maximum atomic E-state index is 9.70. The van der Waals surface area contributed by atoms with E-state index in [1.54, 1.807) is 13.1 Å². The van der Waals surface area contributed by atoms with E-state index in [-0.39, 0.29) is 17.6 Å². The lowest BCUT2D eigenvalue weighted by molar-refractivity contribution is -0.0511. The fourth-order valence-corrected chi connectivity index (χ4v) is 2.28. The van der Waals surface area contributed by atoms with Crippen molar-refractivity contribution in [2.45, 2.75) is 39.3 Å². The average molecular weight is 266 g/mol. The van der Waals surface area contributed by atoms with Crippen LogP contribution in [0.2, 0.25) is 5.02 Å². The van der Waals surface area contributed by atoms with Crippen LogP contribution in [0.3, 0.4) is 0 Å². The highest BCUT2D eigenvalue weighted by Crippen LogP contribution is 2.42. The summed E-state index contributed by atoms with van der Waals surface area (Å²) in [7, 11) is 0. The number of pyridine rings is 1. The van der Waals surface area contributed by atoms with Gasteiger partial charge in [-0.2, -0.15) is 5.26 Å². The molecule has 4 nitrogen and oxygen atoms in total. The van der Waals surface area contributed by atoms with Crippen molar-refractivity contribution in [1.29, 1.82) is 5.26 Å². The first-order chi connectivity index (χ1) is 8.37. The van der Waals surface area contributed by atoms with Gasteiger partial charge in [-0.1, -0.05) is 25.4 Å². The Morgan fingerprint density at radius 3 is 2.78 bits per heavy atom. The number of nitriles is 1. The molecule has 0 aromatic carbocycles. The molecular weight excluding hydrogens is 250 g/mol. The largest absolute Gasteiger partial charge is 0.392 e. The van der Waals surface area contributed by atoms with E-state index in [0.29, 0.717) is 22.8 Å². The van der Waals surface area contributed by atoms with Crippen molar-refractivity contribution in [2.24, 2.45) is 5.41 Å². The molecule has 0 aliphatic heterocycles. The van der Waals surface area contributed by atoms with Crippen LogP contribution in [-0.2, 0) is 0 Å². The maximum Gasteiger partial charge on any atom is 0.144 e. The summed E-state index contributed by atoms with van der Waals surface area (Å²) in [6.07, 6.45) is 1.90. The lowest BCUT2D eigenvalue weighted by atomic mass is 9.64. The third-order valence-corrected chi connectivity index (χ3v) is 4.30. The Morgan fingerprint density at radius 1 is 1.61 bits per heavy atom. The van der Waals surface area contributed by atoms with Crippen LogP contribution in [0.1, 0.15) is 31.4 Å². The van der Waals surface area contributed by atoms with Crippen molar-refractivity contribution >= 4 is 17.4 Å². The summed E-state index contributed by atoms with van der Waals surface area (Å²) in [5.74, 6) is 0.546. The van der Waals surface area contributed by atoms with Gasteiger partial charge in [0.25, 0.3) is 0 Å². The number of hydrogen-bond acceptors (Lipinski definition) is 4. The number of aliphatic hydroxyl groups excluding tert-OH is 1. The average Bonchev–Trinajstić information content (AvgIpc) is 2.33. The summed E-state index contributed by atoms with van der Waals surface area (Å²) in [5, 5.41) is 22.6. The zero-order valence-electron chi connectivity index (χ0n) is 10.7. The van der Waals surface area contributed by atoms with Gasteiger partial charge in [-0.25, -0.2) is 4.98 Å². The first kappa shape index (κ1) is 13.1. The quantitative estimate of drug-likeness (QED) is 0.862. The lowest BCUT2D eigenvalue weighted by Gasteiger charge is -2.49. The van der Waals surface area contributed by atoms with Crippen LogP contribution >= 0.6 is 11.6 Å². The van der Waals surface area contributed by atoms with E-state index in [4.69, 9.17) is 11.6 Å². The number of rotatable bonds is 2. The second kappa shape index (κ2) is 4.42. The molecule has 0 bridgehead atoms. The van der Waals surface area contributed by atoms with Crippen molar-refractivity contribution in [3.8, 4) is 6.07 Å². The second-order valence-electron chi connectivity index (χ2n) is 5.34. The molecule has 2 rings (SSSR count). The normalized spacial score (nSPS) is 25.1. The topological polar surface area (TPSA) is 68.9 Å². The Morgan fingerprint density at radius 2 is 2.28 bits per heavy atom. The van der Waals surface area contributed by atoms with Gasteiger partial charge in [0.05, 0.1) is 16.7 Å². The molecule has 1 aromatic heterocycles. The van der Waals surface area contributed by atoms with E-state index in [2.05, 4.69) is 16.4 Å². The first-order valence-electron chi connectivity index (χ1n) is 5.87. The van der Waals surface area contributed by atoms with Crippen molar-refractivity contribution in [3.63, 3.8) is 0 Å². The molecule has 0 amide bonds. The zero-order chi connectivity index (χ0) is 13.5. The number of hydrogen-bond donors (Lipinski definition) is 2. The van der Waals surface area contributed by atoms with Gasteiger partial charge in [0, 0.05) is 17.7 Å². The molecule has 5 heteroatoms. The molecule has 1 heterocycles. The lowest BCUT2D eigenvalue weighted by Crippen LogP contribution is -2.57. The standard InChI is InChI=1S/C13H16ClN3O/c1-7-8(5-15)12(16-6-9(7)14)17-10-4-11(18)13(10,2)3/h6,10-11,18H,4H2,1-3H3,(H,16,17). The molecule has 2 atom stereocenters. The van der Waals surface area contributed by atoms with E-state index >= 15 is 0 Å². The highest BCUT2D eigenvalue weighted by molar-refractivity contribution is 6.31. The fourth-order valence-electron chi connectivity index (χ4n) is 2.14. The van der Waals surface area contributed by atoms with Crippen LogP contribution in [0.25, 0.3) is 0 Å². The highest BCUT2D eigenvalue weighted by Gasteiger charge is 2.47. The van der Waals surface area contributed by atoms with Crippen molar-refractivity contribution in [3.05, 3.63) is 22.3 Å². The molecule has 0 spiro atoms. The van der Waals surface area contributed by atoms with Gasteiger partial charge < -0.3 is 10.4 Å². The van der Waals surface area contributed by atoms with Crippen LogP contribution in [0.15, 0.2) is 6.20 Å². The number of halogens is 1. The minimum absolute atomic E-state index is 0.118. The molecule has 1 aromatic rings. The number of anilines is 1. The van der Waals surface area contributed by atoms with E-state index in [1.165, 1.54) is 0 Å². The summed E-state index contributed by atoms with van der Waals surface area (Å²) in [4.78, 5) is 4.18. The minimum atomic E-state index is -0.311. The van der Waals surface area contributed by atoms with Crippen molar-refractivity contribution < 1.29 is 5.11 Å². The van der Waals surface area contributed by atoms with Gasteiger partial charge in [-0.15, -0.1) is 0 Å². The fraction of sp³-hybridized carbons (Fsp3) is 0.538. The van der Waals surface area contributed by atoms with E-state index in [1.807, 2.05) is 13.8 Å². The Bertz CT molecular complexity index is 522. The number of nitrogens with one attached hydrogen (secondary N) is 1. The second-order valence-corrected chi connectivity index (χ2v) is 5.74. The first-order valence-corrected chi connectivity index (χ1v) is 6.25. The number of nitrogens with zero attached hydrogens (tertiary/aromatic N) is 2. The summed E-state index contributed by atoms with van der Waals surface area (Å²) in [6.45, 7) is 5.79. The van der Waals surface area contributed by atoms with E-state index in [0.717, 1.165) is 5.56 Å². The SMILES string of the molecule is Cc1c(Cl)cnc(NC2CC(O)C2(C)C)c1C#N. The maximum absolute atomic E-state index is 9.70. The molecular formula is C13H16ClN3O. The van der Waals surface area contributed by atoms with Crippen LogP contribution in [0.4, 0.5) is 5.82 Å². The smallest absolute Gasteiger partial charge is 0.144 e. The predicted molar refractivity (Wildman–Crippen MR) is 70.5 cm³/mol. The van der Waals surface area contributed by atoms with Crippen LogP contribution in [0.5, 0.6) is 0 Å². The van der Waals surface area contributed by atoms with Crippen molar-refractivity contribution in [1.82, 2.24) is 4.98 Å². The Hall–Kier alpha value is -1.31. The van der Waals surface area contributed by atoms with E-state index < -0.39 is 0 Å².